The standard InChI is InChI=1S/C17H29FN2/c1-5-12-19-17(11-13-20(6-2)14(3)4)15-9-7-8-10-16(15)18/h7-10,14,17,19H,5-6,11-13H2,1-4H3. The highest BCUT2D eigenvalue weighted by atomic mass is 19.1. The number of rotatable bonds is 9. The second-order valence-corrected chi connectivity index (χ2v) is 5.54. The third-order valence-corrected chi connectivity index (χ3v) is 3.76. The molecule has 0 amide bonds. The second kappa shape index (κ2) is 9.09. The Labute approximate surface area is 123 Å². The quantitative estimate of drug-likeness (QED) is 0.736. The molecular formula is C17H29FN2. The topological polar surface area (TPSA) is 15.3 Å². The fourth-order valence-corrected chi connectivity index (χ4v) is 2.52. The maximum atomic E-state index is 14.0. The van der Waals surface area contributed by atoms with Gasteiger partial charge in [0, 0.05) is 24.2 Å². The van der Waals surface area contributed by atoms with Crippen LogP contribution in [0.2, 0.25) is 0 Å². The van der Waals surface area contributed by atoms with E-state index >= 15 is 0 Å². The molecular weight excluding hydrogens is 251 g/mol. The minimum atomic E-state index is -0.103. The molecule has 1 unspecified atom stereocenters. The maximum absolute atomic E-state index is 14.0. The summed E-state index contributed by atoms with van der Waals surface area (Å²) in [5, 5.41) is 3.48. The van der Waals surface area contributed by atoms with E-state index in [2.05, 4.69) is 37.9 Å². The number of nitrogens with zero attached hydrogens (tertiary/aromatic N) is 1. The average molecular weight is 280 g/mol. The van der Waals surface area contributed by atoms with Gasteiger partial charge in [-0.25, -0.2) is 4.39 Å². The van der Waals surface area contributed by atoms with E-state index in [1.807, 2.05) is 12.1 Å². The Morgan fingerprint density at radius 2 is 1.90 bits per heavy atom. The SMILES string of the molecule is CCCNC(CCN(CC)C(C)C)c1ccccc1F. The number of benzene rings is 1. The fraction of sp³-hybridized carbons (Fsp3) is 0.647. The second-order valence-electron chi connectivity index (χ2n) is 5.54. The summed E-state index contributed by atoms with van der Waals surface area (Å²) in [7, 11) is 0. The minimum Gasteiger partial charge on any atom is -0.310 e. The molecule has 0 aliphatic rings. The summed E-state index contributed by atoms with van der Waals surface area (Å²) in [5.74, 6) is -0.103. The van der Waals surface area contributed by atoms with Crippen LogP contribution in [-0.4, -0.2) is 30.6 Å². The van der Waals surface area contributed by atoms with E-state index in [4.69, 9.17) is 0 Å². The molecule has 0 aliphatic carbocycles. The Morgan fingerprint density at radius 1 is 1.20 bits per heavy atom. The molecule has 0 radical (unpaired) electrons. The maximum Gasteiger partial charge on any atom is 0.127 e. The monoisotopic (exact) mass is 280 g/mol. The zero-order valence-electron chi connectivity index (χ0n) is 13.3. The number of halogens is 1. The van der Waals surface area contributed by atoms with Gasteiger partial charge < -0.3 is 10.2 Å². The van der Waals surface area contributed by atoms with Crippen LogP contribution in [0, 0.1) is 5.82 Å². The van der Waals surface area contributed by atoms with Gasteiger partial charge in [0.05, 0.1) is 0 Å². The van der Waals surface area contributed by atoms with Gasteiger partial charge in [-0.3, -0.25) is 0 Å². The summed E-state index contributed by atoms with van der Waals surface area (Å²) < 4.78 is 14.0. The smallest absolute Gasteiger partial charge is 0.127 e. The van der Waals surface area contributed by atoms with Crippen molar-refractivity contribution in [1.82, 2.24) is 10.2 Å². The van der Waals surface area contributed by atoms with Crippen molar-refractivity contribution in [2.24, 2.45) is 0 Å². The summed E-state index contributed by atoms with van der Waals surface area (Å²) in [6, 6.07) is 7.75. The van der Waals surface area contributed by atoms with Gasteiger partial charge in [-0.05, 0) is 45.8 Å². The lowest BCUT2D eigenvalue weighted by Crippen LogP contribution is -2.34. The Morgan fingerprint density at radius 3 is 2.45 bits per heavy atom. The van der Waals surface area contributed by atoms with E-state index in [9.17, 15) is 4.39 Å². The molecule has 0 saturated carbocycles. The first-order valence-electron chi connectivity index (χ1n) is 7.82. The highest BCUT2D eigenvalue weighted by Gasteiger charge is 2.16. The molecule has 1 atom stereocenters. The predicted molar refractivity (Wildman–Crippen MR) is 84.4 cm³/mol. The molecule has 1 rings (SSSR count). The molecule has 2 nitrogen and oxygen atoms in total. The van der Waals surface area contributed by atoms with E-state index in [0.717, 1.165) is 38.0 Å². The van der Waals surface area contributed by atoms with Crippen molar-refractivity contribution in [2.45, 2.75) is 52.6 Å². The van der Waals surface area contributed by atoms with E-state index < -0.39 is 0 Å². The molecule has 1 N–H and O–H groups in total. The lowest BCUT2D eigenvalue weighted by Gasteiger charge is -2.28. The molecule has 0 bridgehead atoms. The van der Waals surface area contributed by atoms with Crippen LogP contribution < -0.4 is 5.32 Å². The number of hydrogen-bond donors (Lipinski definition) is 1. The number of hydrogen-bond acceptors (Lipinski definition) is 2. The van der Waals surface area contributed by atoms with Crippen molar-refractivity contribution in [3.05, 3.63) is 35.6 Å². The van der Waals surface area contributed by atoms with Crippen LogP contribution in [0.25, 0.3) is 0 Å². The van der Waals surface area contributed by atoms with E-state index in [-0.39, 0.29) is 11.9 Å². The Kier molecular flexibility index (Phi) is 7.78. The van der Waals surface area contributed by atoms with Crippen LogP contribution in [0.3, 0.4) is 0 Å². The van der Waals surface area contributed by atoms with Gasteiger partial charge in [0.15, 0.2) is 0 Å². The van der Waals surface area contributed by atoms with E-state index in [1.165, 1.54) is 0 Å². The molecule has 0 spiro atoms. The van der Waals surface area contributed by atoms with E-state index in [1.54, 1.807) is 12.1 Å². The molecule has 1 aromatic rings. The van der Waals surface area contributed by atoms with Gasteiger partial charge in [-0.15, -0.1) is 0 Å². The first-order valence-corrected chi connectivity index (χ1v) is 7.82. The zero-order chi connectivity index (χ0) is 15.0. The summed E-state index contributed by atoms with van der Waals surface area (Å²) in [4.78, 5) is 2.42. The molecule has 0 fully saturated rings. The third kappa shape index (κ3) is 5.22. The van der Waals surface area contributed by atoms with Gasteiger partial charge in [0.2, 0.25) is 0 Å². The number of nitrogens with one attached hydrogen (secondary N) is 1. The van der Waals surface area contributed by atoms with Crippen LogP contribution in [0.15, 0.2) is 24.3 Å². The first-order chi connectivity index (χ1) is 9.60. The van der Waals surface area contributed by atoms with Crippen molar-refractivity contribution in [3.8, 4) is 0 Å². The predicted octanol–water partition coefficient (Wildman–Crippen LogP) is 3.99. The average Bonchev–Trinajstić information content (AvgIpc) is 2.43. The highest BCUT2D eigenvalue weighted by Crippen LogP contribution is 2.21. The van der Waals surface area contributed by atoms with Gasteiger partial charge in [-0.1, -0.05) is 32.0 Å². The van der Waals surface area contributed by atoms with E-state index in [0.29, 0.717) is 6.04 Å². The molecule has 0 saturated heterocycles. The lowest BCUT2D eigenvalue weighted by atomic mass is 10.0. The molecule has 0 heterocycles. The molecule has 0 aromatic heterocycles. The largest absolute Gasteiger partial charge is 0.310 e. The van der Waals surface area contributed by atoms with Crippen LogP contribution >= 0.6 is 0 Å². The molecule has 114 valence electrons. The Hall–Kier alpha value is -0.930. The van der Waals surface area contributed by atoms with Gasteiger partial charge in [0.1, 0.15) is 5.82 Å². The molecule has 0 aliphatic heterocycles. The van der Waals surface area contributed by atoms with Crippen LogP contribution in [0.4, 0.5) is 4.39 Å². The summed E-state index contributed by atoms with van der Waals surface area (Å²) in [6.45, 7) is 11.7. The van der Waals surface area contributed by atoms with Gasteiger partial charge in [0.25, 0.3) is 0 Å². The Bertz CT molecular complexity index is 379. The molecule has 1 aromatic carbocycles. The van der Waals surface area contributed by atoms with Gasteiger partial charge in [-0.2, -0.15) is 0 Å². The zero-order valence-corrected chi connectivity index (χ0v) is 13.3. The van der Waals surface area contributed by atoms with Crippen molar-refractivity contribution in [3.63, 3.8) is 0 Å². The molecule has 3 heteroatoms. The van der Waals surface area contributed by atoms with Crippen LogP contribution in [-0.2, 0) is 0 Å². The Balaban J connectivity index is 2.72. The summed E-state index contributed by atoms with van der Waals surface area (Å²) in [5.41, 5.74) is 0.792. The third-order valence-electron chi connectivity index (χ3n) is 3.76. The normalized spacial score (nSPS) is 13.2. The van der Waals surface area contributed by atoms with Crippen molar-refractivity contribution in [2.75, 3.05) is 19.6 Å². The fourth-order valence-electron chi connectivity index (χ4n) is 2.52. The lowest BCUT2D eigenvalue weighted by molar-refractivity contribution is 0.219. The van der Waals surface area contributed by atoms with Crippen molar-refractivity contribution >= 4 is 0 Å². The first kappa shape index (κ1) is 17.1. The van der Waals surface area contributed by atoms with Gasteiger partial charge >= 0.3 is 0 Å². The summed E-state index contributed by atoms with van der Waals surface area (Å²) >= 11 is 0. The van der Waals surface area contributed by atoms with Crippen molar-refractivity contribution < 1.29 is 4.39 Å². The summed E-state index contributed by atoms with van der Waals surface area (Å²) in [6.07, 6.45) is 2.00. The minimum absolute atomic E-state index is 0.101. The van der Waals surface area contributed by atoms with Crippen LogP contribution in [0.1, 0.15) is 52.1 Å². The highest BCUT2D eigenvalue weighted by molar-refractivity contribution is 5.21. The van der Waals surface area contributed by atoms with Crippen LogP contribution in [0.5, 0.6) is 0 Å². The molecule has 20 heavy (non-hydrogen) atoms. The van der Waals surface area contributed by atoms with Crippen molar-refractivity contribution in [1.29, 1.82) is 0 Å².